The zero-order valence-electron chi connectivity index (χ0n) is 15.9. The van der Waals surface area contributed by atoms with Crippen molar-refractivity contribution in [3.8, 4) is 0 Å². The summed E-state index contributed by atoms with van der Waals surface area (Å²) in [6.45, 7) is 1.59. The van der Waals surface area contributed by atoms with Crippen molar-refractivity contribution in [3.63, 3.8) is 0 Å². The Morgan fingerprint density at radius 1 is 1.07 bits per heavy atom. The van der Waals surface area contributed by atoms with Crippen LogP contribution in [0.15, 0.2) is 59.5 Å². The Bertz CT molecular complexity index is 1050. The van der Waals surface area contributed by atoms with Crippen LogP contribution in [0.1, 0.15) is 29.5 Å². The summed E-state index contributed by atoms with van der Waals surface area (Å²) in [4.78, 5) is 0.284. The maximum atomic E-state index is 14.5. The molecule has 3 aliphatic rings. The third-order valence-corrected chi connectivity index (χ3v) is 8.11. The number of hydrogen-bond acceptors (Lipinski definition) is 4. The van der Waals surface area contributed by atoms with Crippen molar-refractivity contribution in [3.05, 3.63) is 71.6 Å². The zero-order chi connectivity index (χ0) is 20.0. The van der Waals surface area contributed by atoms with E-state index in [9.17, 15) is 12.8 Å². The standard InChI is InChI=1S/C22H23FN2O3S/c23-20-6-2-5-19-17-3-1-4-18(17)21(24-22(19)20)15-7-9-16(10-8-15)29(26,27)25-11-13-28-14-12-25/h1-3,5-10,17-18,21,24H,4,11-14H2. The van der Waals surface area contributed by atoms with Crippen LogP contribution in [-0.4, -0.2) is 39.0 Å². The van der Waals surface area contributed by atoms with Crippen LogP contribution in [0.25, 0.3) is 0 Å². The lowest BCUT2D eigenvalue weighted by Crippen LogP contribution is -2.40. The van der Waals surface area contributed by atoms with Crippen LogP contribution in [0.3, 0.4) is 0 Å². The number of halogens is 1. The van der Waals surface area contributed by atoms with Gasteiger partial charge >= 0.3 is 0 Å². The summed E-state index contributed by atoms with van der Waals surface area (Å²) in [5, 5.41) is 3.38. The van der Waals surface area contributed by atoms with Gasteiger partial charge in [0.15, 0.2) is 0 Å². The van der Waals surface area contributed by atoms with E-state index < -0.39 is 10.0 Å². The Labute approximate surface area is 170 Å². The molecule has 1 N–H and O–H groups in total. The number of morpholine rings is 1. The highest BCUT2D eigenvalue weighted by Crippen LogP contribution is 2.50. The molecule has 2 aromatic rings. The van der Waals surface area contributed by atoms with Crippen LogP contribution in [0.4, 0.5) is 10.1 Å². The van der Waals surface area contributed by atoms with Gasteiger partial charge in [0.25, 0.3) is 0 Å². The highest BCUT2D eigenvalue weighted by Gasteiger charge is 2.39. The van der Waals surface area contributed by atoms with E-state index >= 15 is 0 Å². The summed E-state index contributed by atoms with van der Waals surface area (Å²) in [5.74, 6) is 0.201. The molecule has 1 aliphatic carbocycles. The van der Waals surface area contributed by atoms with Gasteiger partial charge in [0.05, 0.1) is 29.8 Å². The van der Waals surface area contributed by atoms with Crippen LogP contribution in [0.5, 0.6) is 0 Å². The number of allylic oxidation sites excluding steroid dienone is 2. The fourth-order valence-corrected chi connectivity index (χ4v) is 6.10. The number of hydrogen-bond donors (Lipinski definition) is 1. The van der Waals surface area contributed by atoms with Crippen LogP contribution < -0.4 is 5.32 Å². The van der Waals surface area contributed by atoms with E-state index in [0.717, 1.165) is 17.5 Å². The minimum absolute atomic E-state index is 0.0699. The maximum absolute atomic E-state index is 14.5. The lowest BCUT2D eigenvalue weighted by molar-refractivity contribution is 0.0730. The SMILES string of the molecule is O=S(=O)(c1ccc(C2Nc3c(F)cccc3C3C=CCC32)cc1)N1CCOCC1. The second kappa shape index (κ2) is 7.23. The fraction of sp³-hybridized carbons (Fsp3) is 0.364. The van der Waals surface area contributed by atoms with Gasteiger partial charge in [-0.1, -0.05) is 36.4 Å². The lowest BCUT2D eigenvalue weighted by Gasteiger charge is -2.37. The molecule has 0 radical (unpaired) electrons. The van der Waals surface area contributed by atoms with Gasteiger partial charge < -0.3 is 10.1 Å². The first-order valence-electron chi connectivity index (χ1n) is 9.95. The summed E-state index contributed by atoms with van der Waals surface area (Å²) < 4.78 is 46.9. The number of benzene rings is 2. The summed E-state index contributed by atoms with van der Waals surface area (Å²) in [5.41, 5.74) is 2.51. The number of anilines is 1. The fourth-order valence-electron chi connectivity index (χ4n) is 4.70. The monoisotopic (exact) mass is 414 g/mol. The molecule has 2 aromatic carbocycles. The summed E-state index contributed by atoms with van der Waals surface area (Å²) in [6.07, 6.45) is 5.22. The molecule has 152 valence electrons. The van der Waals surface area contributed by atoms with Crippen molar-refractivity contribution >= 4 is 15.7 Å². The lowest BCUT2D eigenvalue weighted by atomic mass is 9.77. The van der Waals surface area contributed by atoms with E-state index in [1.165, 1.54) is 10.4 Å². The molecular weight excluding hydrogens is 391 g/mol. The molecule has 5 rings (SSSR count). The minimum atomic E-state index is -3.52. The first-order valence-corrected chi connectivity index (χ1v) is 11.4. The second-order valence-corrected chi connectivity index (χ2v) is 9.70. The molecule has 3 unspecified atom stereocenters. The van der Waals surface area contributed by atoms with Gasteiger partial charge in [-0.05, 0) is 41.7 Å². The van der Waals surface area contributed by atoms with Gasteiger partial charge in [-0.3, -0.25) is 0 Å². The first kappa shape index (κ1) is 18.8. The van der Waals surface area contributed by atoms with Gasteiger partial charge in [-0.15, -0.1) is 0 Å². The van der Waals surface area contributed by atoms with E-state index in [1.807, 2.05) is 18.2 Å². The van der Waals surface area contributed by atoms with Crippen molar-refractivity contribution in [1.29, 1.82) is 0 Å². The molecule has 1 fully saturated rings. The van der Waals surface area contributed by atoms with Crippen molar-refractivity contribution < 1.29 is 17.5 Å². The topological polar surface area (TPSA) is 58.6 Å². The second-order valence-electron chi connectivity index (χ2n) is 7.77. The third-order valence-electron chi connectivity index (χ3n) is 6.19. The van der Waals surface area contributed by atoms with Gasteiger partial charge in [-0.2, -0.15) is 4.31 Å². The predicted octanol–water partition coefficient (Wildman–Crippen LogP) is 3.67. The van der Waals surface area contributed by atoms with E-state index in [2.05, 4.69) is 17.5 Å². The molecule has 1 saturated heterocycles. The van der Waals surface area contributed by atoms with E-state index in [0.29, 0.717) is 32.0 Å². The first-order chi connectivity index (χ1) is 14.1. The Balaban J connectivity index is 1.45. The number of rotatable bonds is 3. The van der Waals surface area contributed by atoms with Crippen LogP contribution in [0.2, 0.25) is 0 Å². The molecular formula is C22H23FN2O3S. The van der Waals surface area contributed by atoms with Gasteiger partial charge in [0.2, 0.25) is 10.0 Å². The molecule has 0 saturated carbocycles. The quantitative estimate of drug-likeness (QED) is 0.779. The molecule has 3 atom stereocenters. The molecule has 7 heteroatoms. The molecule has 2 aliphatic heterocycles. The van der Waals surface area contributed by atoms with Crippen LogP contribution in [-0.2, 0) is 14.8 Å². The van der Waals surface area contributed by atoms with Crippen molar-refractivity contribution in [2.24, 2.45) is 5.92 Å². The van der Waals surface area contributed by atoms with Crippen LogP contribution >= 0.6 is 0 Å². The number of para-hydroxylation sites is 1. The minimum Gasteiger partial charge on any atom is -0.379 e. The van der Waals surface area contributed by atoms with E-state index in [1.54, 1.807) is 18.2 Å². The smallest absolute Gasteiger partial charge is 0.243 e. The van der Waals surface area contributed by atoms with Crippen molar-refractivity contribution in [2.75, 3.05) is 31.6 Å². The Kier molecular flexibility index (Phi) is 4.69. The Hall–Kier alpha value is -2.22. The number of ether oxygens (including phenoxy) is 1. The summed E-state index contributed by atoms with van der Waals surface area (Å²) >= 11 is 0. The van der Waals surface area contributed by atoms with Gasteiger partial charge in [0.1, 0.15) is 5.82 Å². The third kappa shape index (κ3) is 3.17. The average Bonchev–Trinajstić information content (AvgIpc) is 3.25. The number of nitrogens with one attached hydrogen (secondary N) is 1. The molecule has 5 nitrogen and oxygen atoms in total. The van der Waals surface area contributed by atoms with E-state index in [4.69, 9.17) is 4.74 Å². The van der Waals surface area contributed by atoms with Crippen molar-refractivity contribution in [2.45, 2.75) is 23.3 Å². The summed E-state index contributed by atoms with van der Waals surface area (Å²) in [6, 6.07) is 12.2. The highest BCUT2D eigenvalue weighted by molar-refractivity contribution is 7.89. The van der Waals surface area contributed by atoms with Crippen LogP contribution in [0, 0.1) is 11.7 Å². The number of sulfonamides is 1. The maximum Gasteiger partial charge on any atom is 0.243 e. The summed E-state index contributed by atoms with van der Waals surface area (Å²) in [7, 11) is -3.52. The van der Waals surface area contributed by atoms with Gasteiger partial charge in [0, 0.05) is 19.0 Å². The Morgan fingerprint density at radius 2 is 1.83 bits per heavy atom. The highest BCUT2D eigenvalue weighted by atomic mass is 32.2. The predicted molar refractivity (Wildman–Crippen MR) is 109 cm³/mol. The molecule has 0 amide bonds. The number of nitrogens with zero attached hydrogens (tertiary/aromatic N) is 1. The molecule has 0 aromatic heterocycles. The Morgan fingerprint density at radius 3 is 2.59 bits per heavy atom. The number of fused-ring (bicyclic) bond motifs is 3. The molecule has 0 spiro atoms. The average molecular weight is 415 g/mol. The van der Waals surface area contributed by atoms with Gasteiger partial charge in [-0.25, -0.2) is 12.8 Å². The largest absolute Gasteiger partial charge is 0.379 e. The molecule has 0 bridgehead atoms. The molecule has 29 heavy (non-hydrogen) atoms. The van der Waals surface area contributed by atoms with E-state index in [-0.39, 0.29) is 28.6 Å². The molecule has 2 heterocycles. The normalized spacial score (nSPS) is 26.6. The zero-order valence-corrected chi connectivity index (χ0v) is 16.7. The van der Waals surface area contributed by atoms with Crippen molar-refractivity contribution in [1.82, 2.24) is 4.31 Å².